The first-order valence-corrected chi connectivity index (χ1v) is 7.17. The van der Waals surface area contributed by atoms with Crippen molar-refractivity contribution in [2.75, 3.05) is 24.7 Å². The summed E-state index contributed by atoms with van der Waals surface area (Å²) in [5.74, 6) is -1.55. The van der Waals surface area contributed by atoms with Crippen LogP contribution in [0.1, 0.15) is 10.5 Å². The lowest BCUT2D eigenvalue weighted by molar-refractivity contribution is -0.384. The number of hydrogen-bond acceptors (Lipinski definition) is 7. The number of pyridine rings is 1. The molecule has 0 bridgehead atoms. The third-order valence-electron chi connectivity index (χ3n) is 2.07. The summed E-state index contributed by atoms with van der Waals surface area (Å²) in [6.45, 7) is -0.00104. The number of carbonyl (C=O) groups is 1. The molecule has 0 amide bonds. The van der Waals surface area contributed by atoms with E-state index in [1.54, 1.807) is 0 Å². The molecule has 0 aliphatic rings. The van der Waals surface area contributed by atoms with Gasteiger partial charge in [0.25, 0.3) is 0 Å². The number of sulfonamides is 1. The van der Waals surface area contributed by atoms with Crippen LogP contribution in [0.25, 0.3) is 0 Å². The van der Waals surface area contributed by atoms with Gasteiger partial charge in [0.05, 0.1) is 11.2 Å². The van der Waals surface area contributed by atoms with Gasteiger partial charge in [-0.1, -0.05) is 0 Å². The van der Waals surface area contributed by atoms with Crippen LogP contribution in [0.5, 0.6) is 0 Å². The van der Waals surface area contributed by atoms with E-state index in [0.717, 1.165) is 18.4 Å². The molecule has 10 nitrogen and oxygen atoms in total. The topological polar surface area (TPSA) is 152 Å². The molecule has 1 aromatic heterocycles. The molecule has 1 aromatic rings. The molecule has 0 saturated heterocycles. The molecule has 1 heterocycles. The second-order valence-corrected chi connectivity index (χ2v) is 5.55. The van der Waals surface area contributed by atoms with Crippen LogP contribution in [0.4, 0.5) is 11.5 Å². The number of hydrogen-bond donors (Lipinski definition) is 3. The number of nitrogens with one attached hydrogen (secondary N) is 2. The number of aromatic carboxylic acids is 1. The van der Waals surface area contributed by atoms with E-state index in [1.807, 2.05) is 0 Å². The van der Waals surface area contributed by atoms with Gasteiger partial charge in [0.2, 0.25) is 15.8 Å². The highest BCUT2D eigenvalue weighted by Crippen LogP contribution is 2.21. The lowest BCUT2D eigenvalue weighted by atomic mass is 10.3. The summed E-state index contributed by atoms with van der Waals surface area (Å²) in [7, 11) is -3.37. The van der Waals surface area contributed by atoms with E-state index in [9.17, 15) is 23.3 Å². The zero-order chi connectivity index (χ0) is 15.3. The number of rotatable bonds is 7. The summed E-state index contributed by atoms with van der Waals surface area (Å²) < 4.78 is 23.8. The summed E-state index contributed by atoms with van der Waals surface area (Å²) in [5, 5.41) is 22.0. The average molecular weight is 304 g/mol. The minimum absolute atomic E-state index is 0.0178. The van der Waals surface area contributed by atoms with Crippen LogP contribution in [-0.2, 0) is 10.0 Å². The Labute approximate surface area is 114 Å². The second-order valence-electron chi connectivity index (χ2n) is 3.72. The van der Waals surface area contributed by atoms with E-state index < -0.39 is 26.6 Å². The van der Waals surface area contributed by atoms with Gasteiger partial charge in [-0.15, -0.1) is 0 Å². The van der Waals surface area contributed by atoms with Crippen molar-refractivity contribution in [2.45, 2.75) is 0 Å². The molecule has 3 N–H and O–H groups in total. The van der Waals surface area contributed by atoms with E-state index in [0.29, 0.717) is 0 Å². The van der Waals surface area contributed by atoms with Gasteiger partial charge in [0.15, 0.2) is 5.69 Å². The van der Waals surface area contributed by atoms with Crippen molar-refractivity contribution in [1.82, 2.24) is 9.71 Å². The molecule has 1 rings (SSSR count). The first-order valence-electron chi connectivity index (χ1n) is 5.28. The zero-order valence-electron chi connectivity index (χ0n) is 10.4. The van der Waals surface area contributed by atoms with Crippen LogP contribution in [-0.4, -0.2) is 48.7 Å². The fourth-order valence-electron chi connectivity index (χ4n) is 1.27. The van der Waals surface area contributed by atoms with Crippen LogP contribution < -0.4 is 10.0 Å². The average Bonchev–Trinajstić information content (AvgIpc) is 2.33. The SMILES string of the molecule is CS(=O)(=O)NCCNc1nc(C(=O)O)ccc1[N+](=O)[O-]. The standard InChI is InChI=1S/C9H12N4O6S/c1-20(18,19)11-5-4-10-8-7(13(16)17)3-2-6(12-8)9(14)15/h2-3,11H,4-5H2,1H3,(H,10,12)(H,14,15). The molecule has 0 aliphatic carbocycles. The van der Waals surface area contributed by atoms with Crippen molar-refractivity contribution in [3.8, 4) is 0 Å². The van der Waals surface area contributed by atoms with Gasteiger partial charge in [-0.3, -0.25) is 10.1 Å². The second kappa shape index (κ2) is 6.25. The highest BCUT2D eigenvalue weighted by atomic mass is 32.2. The van der Waals surface area contributed by atoms with Gasteiger partial charge in [0, 0.05) is 19.2 Å². The smallest absolute Gasteiger partial charge is 0.354 e. The van der Waals surface area contributed by atoms with Crippen LogP contribution in [0.3, 0.4) is 0 Å². The van der Waals surface area contributed by atoms with Crippen LogP contribution in [0, 0.1) is 10.1 Å². The summed E-state index contributed by atoms with van der Waals surface area (Å²) in [5.41, 5.74) is -0.747. The Bertz CT molecular complexity index is 629. The first kappa shape index (κ1) is 15.8. The molecule has 0 saturated carbocycles. The van der Waals surface area contributed by atoms with Crippen molar-refractivity contribution in [1.29, 1.82) is 0 Å². The van der Waals surface area contributed by atoms with Crippen LogP contribution in [0.15, 0.2) is 12.1 Å². The molecule has 0 aromatic carbocycles. The Morgan fingerprint density at radius 1 is 1.45 bits per heavy atom. The summed E-state index contributed by atoms with van der Waals surface area (Å²) >= 11 is 0. The number of aromatic nitrogens is 1. The van der Waals surface area contributed by atoms with Gasteiger partial charge in [0.1, 0.15) is 0 Å². The van der Waals surface area contributed by atoms with E-state index >= 15 is 0 Å². The molecular formula is C9H12N4O6S. The fourth-order valence-corrected chi connectivity index (χ4v) is 1.74. The number of carboxylic acid groups (broad SMARTS) is 1. The summed E-state index contributed by atoms with van der Waals surface area (Å²) in [4.78, 5) is 24.4. The van der Waals surface area contributed by atoms with E-state index in [-0.39, 0.29) is 24.6 Å². The molecule has 110 valence electrons. The zero-order valence-corrected chi connectivity index (χ0v) is 11.2. The van der Waals surface area contributed by atoms with E-state index in [2.05, 4.69) is 15.0 Å². The lowest BCUT2D eigenvalue weighted by Crippen LogP contribution is -2.28. The van der Waals surface area contributed by atoms with Crippen molar-refractivity contribution < 1.29 is 23.2 Å². The minimum atomic E-state index is -3.37. The van der Waals surface area contributed by atoms with Crippen LogP contribution in [0.2, 0.25) is 0 Å². The quantitative estimate of drug-likeness (QED) is 0.351. The van der Waals surface area contributed by atoms with Gasteiger partial charge in [-0.2, -0.15) is 0 Å². The molecule has 0 aliphatic heterocycles. The molecule has 0 radical (unpaired) electrons. The summed E-state index contributed by atoms with van der Waals surface area (Å²) in [6, 6.07) is 2.03. The summed E-state index contributed by atoms with van der Waals surface area (Å²) in [6.07, 6.45) is 0.971. The Morgan fingerprint density at radius 3 is 2.60 bits per heavy atom. The molecule has 11 heteroatoms. The number of anilines is 1. The maximum absolute atomic E-state index is 10.8. The predicted molar refractivity (Wildman–Crippen MR) is 69.2 cm³/mol. The van der Waals surface area contributed by atoms with Crippen molar-refractivity contribution in [2.24, 2.45) is 0 Å². The van der Waals surface area contributed by atoms with Crippen molar-refractivity contribution in [3.05, 3.63) is 27.9 Å². The van der Waals surface area contributed by atoms with Gasteiger partial charge in [-0.05, 0) is 6.07 Å². The van der Waals surface area contributed by atoms with Gasteiger partial charge >= 0.3 is 11.7 Å². The number of nitro groups is 1. The van der Waals surface area contributed by atoms with E-state index in [1.165, 1.54) is 0 Å². The van der Waals surface area contributed by atoms with E-state index in [4.69, 9.17) is 5.11 Å². The predicted octanol–water partition coefficient (Wildman–Crippen LogP) is -0.351. The molecule has 0 fully saturated rings. The van der Waals surface area contributed by atoms with Crippen molar-refractivity contribution in [3.63, 3.8) is 0 Å². The Morgan fingerprint density at radius 2 is 2.10 bits per heavy atom. The molecule has 20 heavy (non-hydrogen) atoms. The van der Waals surface area contributed by atoms with Crippen molar-refractivity contribution >= 4 is 27.5 Å². The maximum atomic E-state index is 10.8. The normalized spacial score (nSPS) is 11.1. The number of nitrogens with zero attached hydrogens (tertiary/aromatic N) is 2. The molecular weight excluding hydrogens is 292 g/mol. The van der Waals surface area contributed by atoms with Gasteiger partial charge in [-0.25, -0.2) is 22.9 Å². The Balaban J connectivity index is 2.83. The Hall–Kier alpha value is -2.27. The highest BCUT2D eigenvalue weighted by Gasteiger charge is 2.18. The molecule has 0 spiro atoms. The van der Waals surface area contributed by atoms with Gasteiger partial charge < -0.3 is 10.4 Å². The minimum Gasteiger partial charge on any atom is -0.477 e. The lowest BCUT2D eigenvalue weighted by Gasteiger charge is -2.07. The fraction of sp³-hybridized carbons (Fsp3) is 0.333. The first-order chi connectivity index (χ1) is 9.20. The Kier molecular flexibility index (Phi) is 4.94. The molecule has 0 unspecified atom stereocenters. The highest BCUT2D eigenvalue weighted by molar-refractivity contribution is 7.88. The third kappa shape index (κ3) is 4.78. The number of carboxylic acids is 1. The maximum Gasteiger partial charge on any atom is 0.354 e. The monoisotopic (exact) mass is 304 g/mol. The van der Waals surface area contributed by atoms with Crippen LogP contribution >= 0.6 is 0 Å². The third-order valence-corrected chi connectivity index (χ3v) is 2.80. The largest absolute Gasteiger partial charge is 0.477 e. The molecule has 0 atom stereocenters.